The van der Waals surface area contributed by atoms with Crippen molar-refractivity contribution < 1.29 is 34.3 Å². The van der Waals surface area contributed by atoms with Gasteiger partial charge in [-0.3, -0.25) is 19.2 Å². The highest BCUT2D eigenvalue weighted by Gasteiger charge is 2.40. The standard InChI is InChI=1S/C20H16N4O8/c1-32-20(29)17(26)14(15-18(27)23-13-5-3-2-4-12(13)22-15)16(25)19(28)21-10-6-8-11(9-7-10)24(30)31/h2-9,14,24,30H,1H3,(H,21,28)(H,23,27). The van der Waals surface area contributed by atoms with Gasteiger partial charge in [0, 0.05) is 17.8 Å². The van der Waals surface area contributed by atoms with Crippen LogP contribution in [0.25, 0.3) is 11.0 Å². The summed E-state index contributed by atoms with van der Waals surface area (Å²) in [5.74, 6) is -7.76. The molecule has 0 radical (unpaired) electrons. The monoisotopic (exact) mass is 440 g/mol. The summed E-state index contributed by atoms with van der Waals surface area (Å²) in [6, 6.07) is 11.1. The van der Waals surface area contributed by atoms with Gasteiger partial charge in [-0.05, 0) is 24.3 Å². The van der Waals surface area contributed by atoms with Crippen LogP contribution in [0.3, 0.4) is 0 Å². The summed E-state index contributed by atoms with van der Waals surface area (Å²) < 4.78 is 4.36. The topological polar surface area (TPSA) is 183 Å². The van der Waals surface area contributed by atoms with Gasteiger partial charge in [0.05, 0.1) is 18.1 Å². The number of esters is 1. The number of H-pyrrole nitrogens is 1. The Morgan fingerprint density at radius 1 is 1.09 bits per heavy atom. The van der Waals surface area contributed by atoms with Gasteiger partial charge >= 0.3 is 5.97 Å². The Kier molecular flexibility index (Phi) is 6.49. The number of amides is 1. The second-order valence-electron chi connectivity index (χ2n) is 6.46. The smallest absolute Gasteiger partial charge is 0.375 e. The van der Waals surface area contributed by atoms with Crippen molar-refractivity contribution in [2.24, 2.45) is 0 Å². The average Bonchev–Trinajstić information content (AvgIpc) is 2.79. The highest BCUT2D eigenvalue weighted by molar-refractivity contribution is 6.52. The van der Waals surface area contributed by atoms with Crippen LogP contribution in [0.1, 0.15) is 11.6 Å². The van der Waals surface area contributed by atoms with Crippen molar-refractivity contribution in [2.75, 3.05) is 12.4 Å². The zero-order valence-electron chi connectivity index (χ0n) is 16.4. The molecule has 32 heavy (non-hydrogen) atoms. The molecule has 3 rings (SSSR count). The summed E-state index contributed by atoms with van der Waals surface area (Å²) in [7, 11) is 0.907. The van der Waals surface area contributed by atoms with Gasteiger partial charge in [0.1, 0.15) is 11.6 Å². The molecule has 2 unspecified atom stereocenters. The summed E-state index contributed by atoms with van der Waals surface area (Å²) in [5, 5.41) is 20.8. The first-order valence-electron chi connectivity index (χ1n) is 9.02. The number of methoxy groups -OCH3 is 1. The van der Waals surface area contributed by atoms with E-state index in [0.29, 0.717) is 5.52 Å². The SMILES string of the molecule is COC(=O)C(=O)C(C(=O)C(=O)Nc1ccc([NH+]([O-])O)cc1)c1nc2ccccc2[nH]c1=O. The van der Waals surface area contributed by atoms with Crippen LogP contribution in [-0.4, -0.2) is 45.7 Å². The lowest BCUT2D eigenvalue weighted by molar-refractivity contribution is -0.991. The number of carbonyl (C=O) groups is 4. The number of benzene rings is 2. The Bertz CT molecular complexity index is 1270. The van der Waals surface area contributed by atoms with Gasteiger partial charge in [-0.25, -0.2) is 15.0 Å². The van der Waals surface area contributed by atoms with Crippen LogP contribution >= 0.6 is 0 Å². The van der Waals surface area contributed by atoms with Crippen LogP contribution in [0, 0.1) is 5.21 Å². The van der Waals surface area contributed by atoms with Gasteiger partial charge in [0.25, 0.3) is 17.2 Å². The van der Waals surface area contributed by atoms with E-state index in [4.69, 9.17) is 5.21 Å². The third kappa shape index (κ3) is 4.57. The summed E-state index contributed by atoms with van der Waals surface area (Å²) in [6.07, 6.45) is 0. The number of Topliss-reactive ketones (excluding diaryl/α,β-unsaturated/α-hetero) is 2. The van der Waals surface area contributed by atoms with Crippen molar-refractivity contribution in [3.63, 3.8) is 0 Å². The Morgan fingerprint density at radius 2 is 1.75 bits per heavy atom. The van der Waals surface area contributed by atoms with E-state index >= 15 is 0 Å². The number of hydrogen-bond donors (Lipinski definition) is 4. The first-order valence-corrected chi connectivity index (χ1v) is 9.02. The largest absolute Gasteiger partial charge is 0.595 e. The molecule has 4 N–H and O–H groups in total. The van der Waals surface area contributed by atoms with Gasteiger partial charge in [-0.1, -0.05) is 12.1 Å². The van der Waals surface area contributed by atoms with Crippen molar-refractivity contribution in [3.8, 4) is 0 Å². The van der Waals surface area contributed by atoms with Crippen LogP contribution < -0.4 is 16.1 Å². The Labute approximate surface area is 179 Å². The van der Waals surface area contributed by atoms with Gasteiger partial charge in [0.2, 0.25) is 5.78 Å². The van der Waals surface area contributed by atoms with E-state index in [-0.39, 0.29) is 16.9 Å². The highest BCUT2D eigenvalue weighted by atomic mass is 16.8. The molecule has 0 aliphatic carbocycles. The maximum atomic E-state index is 12.8. The second kappa shape index (κ2) is 9.26. The van der Waals surface area contributed by atoms with Crippen molar-refractivity contribution in [1.29, 1.82) is 0 Å². The maximum absolute atomic E-state index is 12.8. The normalized spacial score (nSPS) is 12.6. The summed E-state index contributed by atoms with van der Waals surface area (Å²) in [5.41, 5.74) is -1.03. The molecule has 2 aromatic carbocycles. The summed E-state index contributed by atoms with van der Waals surface area (Å²) in [6.45, 7) is 0. The molecule has 1 amide bonds. The Morgan fingerprint density at radius 3 is 2.38 bits per heavy atom. The minimum absolute atomic E-state index is 0.0537. The molecule has 12 heteroatoms. The van der Waals surface area contributed by atoms with Crippen LogP contribution in [0.4, 0.5) is 11.4 Å². The lowest BCUT2D eigenvalue weighted by atomic mass is 9.94. The third-order valence-electron chi connectivity index (χ3n) is 4.42. The number of nitrogens with one attached hydrogen (secondary N) is 3. The highest BCUT2D eigenvalue weighted by Crippen LogP contribution is 2.18. The van der Waals surface area contributed by atoms with Crippen molar-refractivity contribution in [1.82, 2.24) is 9.97 Å². The number of aromatic amines is 1. The molecule has 0 saturated carbocycles. The molecule has 164 valence electrons. The molecule has 1 heterocycles. The lowest BCUT2D eigenvalue weighted by Crippen LogP contribution is -2.99. The van der Waals surface area contributed by atoms with Crippen LogP contribution in [0.2, 0.25) is 0 Å². The number of carbonyl (C=O) groups excluding carboxylic acids is 4. The van der Waals surface area contributed by atoms with E-state index in [0.717, 1.165) is 7.11 Å². The first-order chi connectivity index (χ1) is 15.2. The van der Waals surface area contributed by atoms with Gasteiger partial charge in [-0.2, -0.15) is 5.23 Å². The zero-order valence-corrected chi connectivity index (χ0v) is 16.4. The molecule has 0 saturated heterocycles. The third-order valence-corrected chi connectivity index (χ3v) is 4.42. The molecule has 1 aromatic heterocycles. The fourth-order valence-electron chi connectivity index (χ4n) is 2.85. The lowest BCUT2D eigenvalue weighted by Gasteiger charge is -2.14. The van der Waals surface area contributed by atoms with E-state index in [1.165, 1.54) is 30.3 Å². The Hall–Kier alpha value is -4.26. The number of para-hydroxylation sites is 2. The quantitative estimate of drug-likeness (QED) is 0.161. The van der Waals surface area contributed by atoms with E-state index in [1.807, 2.05) is 0 Å². The summed E-state index contributed by atoms with van der Waals surface area (Å²) >= 11 is 0. The van der Waals surface area contributed by atoms with E-state index in [2.05, 4.69) is 20.0 Å². The number of aromatic nitrogens is 2. The first kappa shape index (κ1) is 22.4. The van der Waals surface area contributed by atoms with E-state index < -0.39 is 45.8 Å². The number of quaternary nitrogens is 1. The molecule has 0 spiro atoms. The number of ketones is 2. The molecular formula is C20H16N4O8. The molecule has 0 aliphatic rings. The van der Waals surface area contributed by atoms with Crippen LogP contribution in [0.5, 0.6) is 0 Å². The Balaban J connectivity index is 1.98. The van der Waals surface area contributed by atoms with Gasteiger partial charge < -0.3 is 20.2 Å². The molecule has 0 fully saturated rings. The number of ether oxygens (including phenoxy) is 1. The fraction of sp³-hybridized carbons (Fsp3) is 0.100. The molecular weight excluding hydrogens is 424 g/mol. The average molecular weight is 440 g/mol. The molecule has 0 bridgehead atoms. The van der Waals surface area contributed by atoms with E-state index in [1.54, 1.807) is 18.2 Å². The second-order valence-corrected chi connectivity index (χ2v) is 6.46. The predicted molar refractivity (Wildman–Crippen MR) is 108 cm³/mol. The predicted octanol–water partition coefficient (Wildman–Crippen LogP) is -0.640. The number of nitrogens with zero attached hydrogens (tertiary/aromatic N) is 1. The van der Waals surface area contributed by atoms with Crippen LogP contribution in [0.15, 0.2) is 53.3 Å². The van der Waals surface area contributed by atoms with Gasteiger partial charge in [-0.15, -0.1) is 0 Å². The van der Waals surface area contributed by atoms with Crippen molar-refractivity contribution in [2.45, 2.75) is 5.92 Å². The van der Waals surface area contributed by atoms with Crippen molar-refractivity contribution >= 4 is 45.9 Å². The molecule has 2 atom stereocenters. The number of hydrogen-bond acceptors (Lipinski definition) is 9. The van der Waals surface area contributed by atoms with E-state index in [9.17, 15) is 29.2 Å². The van der Waals surface area contributed by atoms with Crippen molar-refractivity contribution in [3.05, 3.63) is 69.8 Å². The number of fused-ring (bicyclic) bond motifs is 1. The minimum Gasteiger partial charge on any atom is -0.595 e. The van der Waals surface area contributed by atoms with Gasteiger partial charge in [0.15, 0.2) is 5.69 Å². The number of anilines is 1. The fourth-order valence-corrected chi connectivity index (χ4v) is 2.85. The minimum atomic E-state index is -2.14. The maximum Gasteiger partial charge on any atom is 0.375 e. The summed E-state index contributed by atoms with van der Waals surface area (Å²) in [4.78, 5) is 68.7. The number of rotatable bonds is 7. The zero-order chi connectivity index (χ0) is 23.4. The molecule has 0 aliphatic heterocycles. The molecule has 3 aromatic rings. The van der Waals surface area contributed by atoms with Crippen LogP contribution in [-0.2, 0) is 23.9 Å². The molecule has 12 nitrogen and oxygen atoms in total.